The molecule has 2 aliphatic rings. The lowest BCUT2D eigenvalue weighted by Crippen LogP contribution is -2.28. The molecule has 4 nitrogen and oxygen atoms in total. The Labute approximate surface area is 133 Å². The highest BCUT2D eigenvalue weighted by atomic mass is 32.1. The highest BCUT2D eigenvalue weighted by molar-refractivity contribution is 7.80. The molecule has 0 saturated carbocycles. The van der Waals surface area contributed by atoms with Crippen LogP contribution in [0.15, 0.2) is 0 Å². The summed E-state index contributed by atoms with van der Waals surface area (Å²) in [7, 11) is 0. The lowest BCUT2D eigenvalue weighted by molar-refractivity contribution is 0.580. The van der Waals surface area contributed by atoms with Crippen molar-refractivity contribution in [1.29, 1.82) is 0 Å². The van der Waals surface area contributed by atoms with E-state index in [0.29, 0.717) is 0 Å². The smallest absolute Gasteiger partial charge is 0.169 e. The van der Waals surface area contributed by atoms with Crippen LogP contribution >= 0.6 is 24.4 Å². The molecular formula is C14H26N4S2. The minimum Gasteiger partial charge on any atom is -0.363 e. The van der Waals surface area contributed by atoms with Gasteiger partial charge in [-0.05, 0) is 37.3 Å². The molecule has 0 atom stereocenters. The van der Waals surface area contributed by atoms with Crippen molar-refractivity contribution in [3.8, 4) is 0 Å². The van der Waals surface area contributed by atoms with Crippen LogP contribution in [0.1, 0.15) is 38.5 Å². The number of rotatable bonds is 9. The van der Waals surface area contributed by atoms with Crippen molar-refractivity contribution in [2.24, 2.45) is 0 Å². The van der Waals surface area contributed by atoms with Crippen LogP contribution in [-0.2, 0) is 0 Å². The molecule has 2 heterocycles. The summed E-state index contributed by atoms with van der Waals surface area (Å²) in [6.07, 6.45) is 7.71. The van der Waals surface area contributed by atoms with Crippen LogP contribution in [-0.4, -0.2) is 59.3 Å². The average Bonchev–Trinajstić information content (AvgIpc) is 3.32. The summed E-state index contributed by atoms with van der Waals surface area (Å²) in [6.45, 7) is 6.62. The molecule has 20 heavy (non-hydrogen) atoms. The van der Waals surface area contributed by atoms with Gasteiger partial charge in [0.2, 0.25) is 0 Å². The van der Waals surface area contributed by atoms with E-state index in [-0.39, 0.29) is 0 Å². The molecule has 0 unspecified atom stereocenters. The Morgan fingerprint density at radius 2 is 1.00 bits per heavy atom. The Kier molecular flexibility index (Phi) is 6.79. The number of nitrogens with one attached hydrogen (secondary N) is 2. The molecule has 0 amide bonds. The van der Waals surface area contributed by atoms with Crippen LogP contribution in [0, 0.1) is 0 Å². The first-order valence-electron chi connectivity index (χ1n) is 7.83. The SMILES string of the molecule is S=C(NCCCCCCCCNC(=S)N1CC1)N1CC1. The van der Waals surface area contributed by atoms with E-state index in [9.17, 15) is 0 Å². The first kappa shape index (κ1) is 15.8. The molecule has 114 valence electrons. The molecule has 2 saturated heterocycles. The lowest BCUT2D eigenvalue weighted by atomic mass is 10.1. The summed E-state index contributed by atoms with van der Waals surface area (Å²) in [6, 6.07) is 0. The van der Waals surface area contributed by atoms with Crippen molar-refractivity contribution in [2.45, 2.75) is 38.5 Å². The van der Waals surface area contributed by atoms with Gasteiger partial charge in [0, 0.05) is 39.3 Å². The van der Waals surface area contributed by atoms with Gasteiger partial charge in [-0.25, -0.2) is 0 Å². The van der Waals surface area contributed by atoms with Crippen molar-refractivity contribution in [1.82, 2.24) is 20.4 Å². The fourth-order valence-corrected chi connectivity index (χ4v) is 2.65. The molecule has 6 heteroatoms. The fourth-order valence-electron chi connectivity index (χ4n) is 2.08. The second kappa shape index (κ2) is 8.62. The first-order valence-corrected chi connectivity index (χ1v) is 8.64. The Bertz CT molecular complexity index is 295. The maximum Gasteiger partial charge on any atom is 0.169 e. The molecule has 0 aromatic heterocycles. The van der Waals surface area contributed by atoms with E-state index in [1.807, 2.05) is 0 Å². The Balaban J connectivity index is 1.28. The minimum atomic E-state index is 0.943. The Morgan fingerprint density at radius 1 is 0.650 bits per heavy atom. The molecule has 2 fully saturated rings. The monoisotopic (exact) mass is 314 g/mol. The summed E-state index contributed by atoms with van der Waals surface area (Å²) in [5.74, 6) is 0. The van der Waals surface area contributed by atoms with Crippen LogP contribution in [0.5, 0.6) is 0 Å². The van der Waals surface area contributed by atoms with Gasteiger partial charge in [0.1, 0.15) is 0 Å². The number of thiocarbonyl (C=S) groups is 2. The normalized spacial score (nSPS) is 16.0. The first-order chi connectivity index (χ1) is 9.77. The topological polar surface area (TPSA) is 30.1 Å². The Morgan fingerprint density at radius 3 is 1.35 bits per heavy atom. The second-order valence-electron chi connectivity index (χ2n) is 5.56. The van der Waals surface area contributed by atoms with Gasteiger partial charge in [-0.2, -0.15) is 0 Å². The van der Waals surface area contributed by atoms with E-state index in [1.54, 1.807) is 0 Å². The fraction of sp³-hybridized carbons (Fsp3) is 0.857. The zero-order valence-electron chi connectivity index (χ0n) is 12.2. The molecule has 0 bridgehead atoms. The number of hydrogen-bond donors (Lipinski definition) is 2. The van der Waals surface area contributed by atoms with Crippen LogP contribution in [0.25, 0.3) is 0 Å². The maximum absolute atomic E-state index is 5.23. The molecule has 2 aliphatic heterocycles. The van der Waals surface area contributed by atoms with Gasteiger partial charge in [0.25, 0.3) is 0 Å². The molecular weight excluding hydrogens is 288 g/mol. The van der Waals surface area contributed by atoms with Gasteiger partial charge in [-0.3, -0.25) is 0 Å². The zero-order chi connectivity index (χ0) is 14.2. The van der Waals surface area contributed by atoms with Crippen LogP contribution in [0.3, 0.4) is 0 Å². The predicted molar refractivity (Wildman–Crippen MR) is 92.0 cm³/mol. The van der Waals surface area contributed by atoms with E-state index in [0.717, 1.165) is 49.5 Å². The predicted octanol–water partition coefficient (Wildman–Crippen LogP) is 1.71. The minimum absolute atomic E-state index is 0.943. The highest BCUT2D eigenvalue weighted by Gasteiger charge is 2.20. The molecule has 0 aromatic rings. The molecule has 2 N–H and O–H groups in total. The maximum atomic E-state index is 5.23. The molecule has 0 aliphatic carbocycles. The van der Waals surface area contributed by atoms with Crippen LogP contribution in [0.2, 0.25) is 0 Å². The summed E-state index contributed by atoms with van der Waals surface area (Å²) < 4.78 is 0. The standard InChI is InChI=1S/C14H26N4S2/c19-13(17-9-10-17)15-7-5-3-1-2-4-6-8-16-14(20)18-11-12-18/h1-12H2,(H,15,19)(H,16,20). The molecule has 0 spiro atoms. The van der Waals surface area contributed by atoms with Gasteiger partial charge >= 0.3 is 0 Å². The van der Waals surface area contributed by atoms with E-state index < -0.39 is 0 Å². The second-order valence-corrected chi connectivity index (χ2v) is 6.33. The third-order valence-electron chi connectivity index (χ3n) is 3.62. The zero-order valence-corrected chi connectivity index (χ0v) is 13.8. The summed E-state index contributed by atoms with van der Waals surface area (Å²) in [4.78, 5) is 4.37. The van der Waals surface area contributed by atoms with Gasteiger partial charge < -0.3 is 20.4 Å². The largest absolute Gasteiger partial charge is 0.363 e. The summed E-state index contributed by atoms with van der Waals surface area (Å²) in [5.41, 5.74) is 0. The van der Waals surface area contributed by atoms with Crippen molar-refractivity contribution in [2.75, 3.05) is 39.3 Å². The summed E-state index contributed by atoms with van der Waals surface area (Å²) >= 11 is 10.5. The van der Waals surface area contributed by atoms with Crippen molar-refractivity contribution >= 4 is 34.7 Å². The van der Waals surface area contributed by atoms with E-state index in [2.05, 4.69) is 20.4 Å². The van der Waals surface area contributed by atoms with Crippen molar-refractivity contribution in [3.63, 3.8) is 0 Å². The molecule has 0 aromatic carbocycles. The quantitative estimate of drug-likeness (QED) is 0.383. The third kappa shape index (κ3) is 6.70. The van der Waals surface area contributed by atoms with Crippen LogP contribution < -0.4 is 10.6 Å². The van der Waals surface area contributed by atoms with E-state index in [4.69, 9.17) is 24.4 Å². The molecule has 0 radical (unpaired) electrons. The lowest BCUT2D eigenvalue weighted by Gasteiger charge is -2.09. The van der Waals surface area contributed by atoms with E-state index >= 15 is 0 Å². The molecule has 2 rings (SSSR count). The van der Waals surface area contributed by atoms with Gasteiger partial charge in [0.05, 0.1) is 0 Å². The third-order valence-corrected chi connectivity index (χ3v) is 4.43. The number of hydrogen-bond acceptors (Lipinski definition) is 2. The number of unbranched alkanes of at least 4 members (excludes halogenated alkanes) is 5. The van der Waals surface area contributed by atoms with Gasteiger partial charge in [-0.15, -0.1) is 0 Å². The van der Waals surface area contributed by atoms with E-state index in [1.165, 1.54) is 38.5 Å². The Hall–Kier alpha value is -0.620. The van der Waals surface area contributed by atoms with Gasteiger partial charge in [-0.1, -0.05) is 25.7 Å². The number of nitrogens with zero attached hydrogens (tertiary/aromatic N) is 2. The van der Waals surface area contributed by atoms with Crippen molar-refractivity contribution < 1.29 is 0 Å². The highest BCUT2D eigenvalue weighted by Crippen LogP contribution is 2.07. The average molecular weight is 315 g/mol. The van der Waals surface area contributed by atoms with Crippen molar-refractivity contribution in [3.05, 3.63) is 0 Å². The van der Waals surface area contributed by atoms with Crippen LogP contribution in [0.4, 0.5) is 0 Å². The van der Waals surface area contributed by atoms with Gasteiger partial charge in [0.15, 0.2) is 10.2 Å². The summed E-state index contributed by atoms with van der Waals surface area (Å²) in [5, 5.41) is 8.51.